The van der Waals surface area contributed by atoms with Gasteiger partial charge in [-0.05, 0) is 55.3 Å². The van der Waals surface area contributed by atoms with E-state index in [2.05, 4.69) is 5.32 Å². The van der Waals surface area contributed by atoms with Crippen LogP contribution in [0.15, 0.2) is 42.5 Å². The van der Waals surface area contributed by atoms with E-state index >= 15 is 0 Å². The van der Waals surface area contributed by atoms with Gasteiger partial charge in [-0.25, -0.2) is 0 Å². The van der Waals surface area contributed by atoms with Gasteiger partial charge in [0.05, 0.1) is 11.5 Å². The molecule has 0 aromatic heterocycles. The Balaban J connectivity index is 1.73. The summed E-state index contributed by atoms with van der Waals surface area (Å²) < 4.78 is 38.7. The molecule has 2 aromatic carbocycles. The van der Waals surface area contributed by atoms with Crippen molar-refractivity contribution in [3.8, 4) is 0 Å². The van der Waals surface area contributed by atoms with E-state index in [0.29, 0.717) is 5.69 Å². The summed E-state index contributed by atoms with van der Waals surface area (Å²) in [5.41, 5.74) is 2.08. The van der Waals surface area contributed by atoms with Crippen LogP contribution in [-0.4, -0.2) is 18.4 Å². The number of hydrogen-bond donors (Lipinski definition) is 1. The quantitative estimate of drug-likeness (QED) is 0.868. The fourth-order valence-electron chi connectivity index (χ4n) is 3.05. The molecule has 2 aromatic rings. The van der Waals surface area contributed by atoms with Crippen LogP contribution in [0.3, 0.4) is 0 Å². The molecule has 1 fully saturated rings. The van der Waals surface area contributed by atoms with Crippen LogP contribution in [0.5, 0.6) is 0 Å². The zero-order valence-electron chi connectivity index (χ0n) is 14.9. The maximum atomic E-state index is 12.9. The van der Waals surface area contributed by atoms with Gasteiger partial charge >= 0.3 is 6.18 Å². The molecular weight excluding hydrogens is 357 g/mol. The van der Waals surface area contributed by atoms with Gasteiger partial charge in [-0.2, -0.15) is 13.2 Å². The normalized spacial score (nSPS) is 17.3. The topological polar surface area (TPSA) is 49.4 Å². The predicted molar refractivity (Wildman–Crippen MR) is 96.4 cm³/mol. The molecule has 0 saturated carbocycles. The molecule has 4 nitrogen and oxygen atoms in total. The van der Waals surface area contributed by atoms with Gasteiger partial charge in [-0.15, -0.1) is 0 Å². The molecule has 0 spiro atoms. The van der Waals surface area contributed by atoms with E-state index in [-0.39, 0.29) is 30.5 Å². The van der Waals surface area contributed by atoms with Crippen LogP contribution in [0.25, 0.3) is 0 Å². The maximum absolute atomic E-state index is 12.9. The first-order valence-electron chi connectivity index (χ1n) is 8.51. The second-order valence-electron chi connectivity index (χ2n) is 6.74. The Morgan fingerprint density at radius 1 is 1.11 bits per heavy atom. The van der Waals surface area contributed by atoms with Crippen LogP contribution >= 0.6 is 0 Å². The molecule has 0 radical (unpaired) electrons. The molecule has 0 aliphatic carbocycles. The number of alkyl halides is 3. The summed E-state index contributed by atoms with van der Waals surface area (Å²) in [5, 5.41) is 2.78. The van der Waals surface area contributed by atoms with Crippen LogP contribution in [0.1, 0.15) is 23.1 Å². The second-order valence-corrected chi connectivity index (χ2v) is 6.74. The Morgan fingerprint density at radius 3 is 2.52 bits per heavy atom. The van der Waals surface area contributed by atoms with Crippen molar-refractivity contribution in [2.45, 2.75) is 26.4 Å². The Bertz CT molecular complexity index is 893. The molecule has 27 heavy (non-hydrogen) atoms. The summed E-state index contributed by atoms with van der Waals surface area (Å²) in [7, 11) is 0. The van der Waals surface area contributed by atoms with Crippen molar-refractivity contribution in [1.82, 2.24) is 0 Å². The molecule has 2 amide bonds. The number of anilines is 2. The summed E-state index contributed by atoms with van der Waals surface area (Å²) in [5.74, 6) is -1.30. The Morgan fingerprint density at radius 2 is 1.85 bits per heavy atom. The Kier molecular flexibility index (Phi) is 4.95. The van der Waals surface area contributed by atoms with Gasteiger partial charge < -0.3 is 10.2 Å². The number of halogens is 3. The number of nitrogens with zero attached hydrogens (tertiary/aromatic N) is 1. The summed E-state index contributed by atoms with van der Waals surface area (Å²) in [6.07, 6.45) is -4.52. The van der Waals surface area contributed by atoms with Crippen LogP contribution < -0.4 is 10.2 Å². The highest BCUT2D eigenvalue weighted by Gasteiger charge is 2.37. The first kappa shape index (κ1) is 18.9. The molecular formula is C20H19F3N2O2. The number of aryl methyl sites for hydroxylation is 2. The van der Waals surface area contributed by atoms with Crippen molar-refractivity contribution < 1.29 is 22.8 Å². The average molecular weight is 376 g/mol. The van der Waals surface area contributed by atoms with Crippen LogP contribution in [-0.2, 0) is 15.8 Å². The van der Waals surface area contributed by atoms with Crippen molar-refractivity contribution in [3.05, 3.63) is 59.2 Å². The minimum absolute atomic E-state index is 0.0348. The molecule has 1 aliphatic rings. The van der Waals surface area contributed by atoms with Crippen LogP contribution in [0.4, 0.5) is 24.5 Å². The molecule has 7 heteroatoms. The lowest BCUT2D eigenvalue weighted by molar-refractivity contribution is -0.137. The SMILES string of the molecule is Cc1ccc(NC(=O)[C@H]2CC(=O)N(c3cccc(C(F)(F)F)c3)C2)cc1C. The third kappa shape index (κ3) is 4.13. The number of hydrogen-bond acceptors (Lipinski definition) is 2. The lowest BCUT2D eigenvalue weighted by atomic mass is 10.1. The fourth-order valence-corrected chi connectivity index (χ4v) is 3.05. The third-order valence-corrected chi connectivity index (χ3v) is 4.76. The van der Waals surface area contributed by atoms with Crippen molar-refractivity contribution in [2.24, 2.45) is 5.92 Å². The van der Waals surface area contributed by atoms with Crippen LogP contribution in [0, 0.1) is 19.8 Å². The van der Waals surface area contributed by atoms with Gasteiger partial charge in [0.15, 0.2) is 0 Å². The molecule has 1 N–H and O–H groups in total. The highest BCUT2D eigenvalue weighted by atomic mass is 19.4. The first-order chi connectivity index (χ1) is 12.6. The van der Waals surface area contributed by atoms with Gasteiger partial charge in [-0.3, -0.25) is 9.59 Å². The monoisotopic (exact) mass is 376 g/mol. The zero-order valence-corrected chi connectivity index (χ0v) is 14.9. The minimum atomic E-state index is -4.49. The average Bonchev–Trinajstić information content (AvgIpc) is 2.99. The van der Waals surface area contributed by atoms with Crippen molar-refractivity contribution >= 4 is 23.2 Å². The number of carbonyl (C=O) groups excluding carboxylic acids is 2. The summed E-state index contributed by atoms with van der Waals surface area (Å²) in [4.78, 5) is 26.0. The smallest absolute Gasteiger partial charge is 0.326 e. The second kappa shape index (κ2) is 7.06. The van der Waals surface area contributed by atoms with Gasteiger partial charge in [-0.1, -0.05) is 12.1 Å². The molecule has 1 saturated heterocycles. The largest absolute Gasteiger partial charge is 0.416 e. The Labute approximate surface area is 155 Å². The number of carbonyl (C=O) groups is 2. The van der Waals surface area contributed by atoms with E-state index < -0.39 is 17.7 Å². The van der Waals surface area contributed by atoms with Crippen molar-refractivity contribution in [2.75, 3.05) is 16.8 Å². The van der Waals surface area contributed by atoms with E-state index in [9.17, 15) is 22.8 Å². The number of amides is 2. The molecule has 0 bridgehead atoms. The molecule has 1 aliphatic heterocycles. The summed E-state index contributed by atoms with van der Waals surface area (Å²) in [6, 6.07) is 10.1. The number of benzene rings is 2. The highest BCUT2D eigenvalue weighted by molar-refractivity contribution is 6.03. The van der Waals surface area contributed by atoms with E-state index in [1.54, 1.807) is 6.07 Å². The molecule has 1 atom stereocenters. The molecule has 3 rings (SSSR count). The molecule has 0 unspecified atom stereocenters. The molecule has 142 valence electrons. The lowest BCUT2D eigenvalue weighted by Crippen LogP contribution is -2.28. The Hall–Kier alpha value is -2.83. The fraction of sp³-hybridized carbons (Fsp3) is 0.300. The molecule has 1 heterocycles. The minimum Gasteiger partial charge on any atom is -0.326 e. The number of rotatable bonds is 3. The zero-order chi connectivity index (χ0) is 19.8. The van der Waals surface area contributed by atoms with Gasteiger partial charge in [0.1, 0.15) is 0 Å². The van der Waals surface area contributed by atoms with E-state index in [1.807, 2.05) is 26.0 Å². The third-order valence-electron chi connectivity index (χ3n) is 4.76. The highest BCUT2D eigenvalue weighted by Crippen LogP contribution is 2.33. The van der Waals surface area contributed by atoms with Crippen molar-refractivity contribution in [3.63, 3.8) is 0 Å². The maximum Gasteiger partial charge on any atom is 0.416 e. The number of nitrogens with one attached hydrogen (secondary N) is 1. The van der Waals surface area contributed by atoms with Gasteiger partial charge in [0.2, 0.25) is 11.8 Å². The van der Waals surface area contributed by atoms with Gasteiger partial charge in [0, 0.05) is 24.3 Å². The summed E-state index contributed by atoms with van der Waals surface area (Å²) >= 11 is 0. The van der Waals surface area contributed by atoms with E-state index in [1.165, 1.54) is 17.0 Å². The van der Waals surface area contributed by atoms with Crippen LogP contribution in [0.2, 0.25) is 0 Å². The predicted octanol–water partition coefficient (Wildman–Crippen LogP) is 4.31. The first-order valence-corrected chi connectivity index (χ1v) is 8.51. The van der Waals surface area contributed by atoms with Gasteiger partial charge in [0.25, 0.3) is 0 Å². The lowest BCUT2D eigenvalue weighted by Gasteiger charge is -2.18. The van der Waals surface area contributed by atoms with E-state index in [4.69, 9.17) is 0 Å². The van der Waals surface area contributed by atoms with Crippen molar-refractivity contribution in [1.29, 1.82) is 0 Å². The van der Waals surface area contributed by atoms with E-state index in [0.717, 1.165) is 23.3 Å². The summed E-state index contributed by atoms with van der Waals surface area (Å²) in [6.45, 7) is 3.94. The standard InChI is InChI=1S/C20H19F3N2O2/c1-12-6-7-16(8-13(12)2)24-19(27)14-9-18(26)25(11-14)17-5-3-4-15(10-17)20(21,22)23/h3-8,10,14H,9,11H2,1-2H3,(H,24,27)/t14-/m0/s1.